The summed E-state index contributed by atoms with van der Waals surface area (Å²) >= 11 is 0. The van der Waals surface area contributed by atoms with Crippen LogP contribution in [-0.2, 0) is 13.1 Å². The van der Waals surface area contributed by atoms with Crippen LogP contribution in [0.2, 0.25) is 0 Å². The molecule has 3 aromatic heterocycles. The summed E-state index contributed by atoms with van der Waals surface area (Å²) in [7, 11) is 1.61. The van der Waals surface area contributed by atoms with Crippen LogP contribution in [0.1, 0.15) is 5.69 Å². The van der Waals surface area contributed by atoms with Gasteiger partial charge in [0.1, 0.15) is 18.0 Å². The van der Waals surface area contributed by atoms with Crippen molar-refractivity contribution in [3.8, 4) is 5.88 Å². The second kappa shape index (κ2) is 7.38. The number of pyridine rings is 1. The molecule has 0 bridgehead atoms. The molecule has 0 fully saturated rings. The number of aromatic nitrogens is 5. The van der Waals surface area contributed by atoms with Crippen LogP contribution >= 0.6 is 0 Å². The van der Waals surface area contributed by atoms with Gasteiger partial charge in [-0.3, -0.25) is 4.68 Å². The van der Waals surface area contributed by atoms with Crippen molar-refractivity contribution < 1.29 is 4.74 Å². The average molecular weight is 351 g/mol. The van der Waals surface area contributed by atoms with Gasteiger partial charge >= 0.3 is 0 Å². The number of nitrogens with one attached hydrogen (secondary N) is 1. The molecule has 0 amide bonds. The topological polar surface area (TPSA) is 81.0 Å². The van der Waals surface area contributed by atoms with E-state index in [1.165, 1.54) is 12.0 Å². The van der Waals surface area contributed by atoms with Gasteiger partial charge in [0.25, 0.3) is 0 Å². The van der Waals surface area contributed by atoms with Crippen LogP contribution in [0.15, 0.2) is 49.1 Å². The fourth-order valence-electron chi connectivity index (χ4n) is 3.17. The Hall–Kier alpha value is -3.16. The van der Waals surface area contributed by atoms with Gasteiger partial charge in [-0.15, -0.1) is 0 Å². The molecule has 4 heterocycles. The zero-order valence-corrected chi connectivity index (χ0v) is 14.6. The molecule has 1 aliphatic rings. The summed E-state index contributed by atoms with van der Waals surface area (Å²) in [6, 6.07) is 9.79. The molecule has 134 valence electrons. The highest BCUT2D eigenvalue weighted by molar-refractivity contribution is 5.42. The summed E-state index contributed by atoms with van der Waals surface area (Å²) in [5.74, 6) is 2.65. The molecule has 8 nitrogen and oxygen atoms in total. The van der Waals surface area contributed by atoms with Gasteiger partial charge in [-0.2, -0.15) is 5.10 Å². The van der Waals surface area contributed by atoms with Gasteiger partial charge in [-0.25, -0.2) is 15.0 Å². The smallest absolute Gasteiger partial charge is 0.218 e. The van der Waals surface area contributed by atoms with Crippen LogP contribution in [-0.4, -0.2) is 44.9 Å². The summed E-state index contributed by atoms with van der Waals surface area (Å²) in [5.41, 5.74) is 1.17. The van der Waals surface area contributed by atoms with Gasteiger partial charge in [0.2, 0.25) is 5.88 Å². The lowest BCUT2D eigenvalue weighted by Gasteiger charge is -2.25. The van der Waals surface area contributed by atoms with Gasteiger partial charge in [0.05, 0.1) is 19.3 Å². The molecule has 0 radical (unpaired) electrons. The van der Waals surface area contributed by atoms with Gasteiger partial charge in [0, 0.05) is 44.0 Å². The third kappa shape index (κ3) is 3.58. The molecule has 26 heavy (non-hydrogen) atoms. The summed E-state index contributed by atoms with van der Waals surface area (Å²) in [6.45, 7) is 3.25. The van der Waals surface area contributed by atoms with Crippen molar-refractivity contribution in [2.24, 2.45) is 5.92 Å². The largest absolute Gasteiger partial charge is 0.481 e. The Morgan fingerprint density at radius 1 is 1.15 bits per heavy atom. The van der Waals surface area contributed by atoms with Crippen LogP contribution < -0.4 is 15.0 Å². The van der Waals surface area contributed by atoms with E-state index in [2.05, 4.69) is 41.0 Å². The number of nitrogens with zero attached hydrogens (tertiary/aromatic N) is 6. The fourth-order valence-corrected chi connectivity index (χ4v) is 3.17. The highest BCUT2D eigenvalue weighted by Gasteiger charge is 2.23. The van der Waals surface area contributed by atoms with E-state index < -0.39 is 0 Å². The third-order valence-corrected chi connectivity index (χ3v) is 4.46. The number of methoxy groups -OCH3 is 1. The van der Waals surface area contributed by atoms with E-state index in [0.29, 0.717) is 11.8 Å². The maximum absolute atomic E-state index is 5.25. The molecule has 0 aromatic carbocycles. The predicted octanol–water partition coefficient (Wildman–Crippen LogP) is 1.83. The Bertz CT molecular complexity index is 852. The molecule has 0 spiro atoms. The first-order valence-corrected chi connectivity index (χ1v) is 8.58. The minimum Gasteiger partial charge on any atom is -0.481 e. The first-order chi connectivity index (χ1) is 12.8. The van der Waals surface area contributed by atoms with Gasteiger partial charge in [0.15, 0.2) is 0 Å². The zero-order chi connectivity index (χ0) is 17.8. The molecule has 0 aliphatic carbocycles. The molecule has 1 N–H and O–H groups in total. The highest BCUT2D eigenvalue weighted by Crippen LogP contribution is 2.23. The number of anilines is 2. The first-order valence-electron chi connectivity index (χ1n) is 8.58. The monoisotopic (exact) mass is 351 g/mol. The molecule has 0 saturated heterocycles. The van der Waals surface area contributed by atoms with E-state index in [9.17, 15) is 0 Å². The van der Waals surface area contributed by atoms with E-state index in [4.69, 9.17) is 4.74 Å². The lowest BCUT2D eigenvalue weighted by atomic mass is 10.1. The summed E-state index contributed by atoms with van der Waals surface area (Å²) in [6.07, 6.45) is 5.18. The maximum Gasteiger partial charge on any atom is 0.218 e. The van der Waals surface area contributed by atoms with E-state index >= 15 is 0 Å². The Morgan fingerprint density at radius 2 is 2.12 bits per heavy atom. The van der Waals surface area contributed by atoms with Gasteiger partial charge in [-0.05, 0) is 18.2 Å². The SMILES string of the molecule is COc1cc(N2Cc3ccnn3C[C@H](CNc3ccccn3)C2)ncn1. The van der Waals surface area contributed by atoms with Crippen molar-refractivity contribution in [2.45, 2.75) is 13.1 Å². The lowest BCUT2D eigenvalue weighted by Crippen LogP contribution is -2.32. The number of hydrogen-bond donors (Lipinski definition) is 1. The Labute approximate surface area is 151 Å². The van der Waals surface area contributed by atoms with Crippen molar-refractivity contribution in [1.82, 2.24) is 24.7 Å². The van der Waals surface area contributed by atoms with Crippen molar-refractivity contribution in [3.63, 3.8) is 0 Å². The highest BCUT2D eigenvalue weighted by atomic mass is 16.5. The van der Waals surface area contributed by atoms with Crippen LogP contribution in [0.5, 0.6) is 5.88 Å². The Morgan fingerprint density at radius 3 is 2.96 bits per heavy atom. The quantitative estimate of drug-likeness (QED) is 0.751. The lowest BCUT2D eigenvalue weighted by molar-refractivity contribution is 0.396. The van der Waals surface area contributed by atoms with Gasteiger partial charge < -0.3 is 15.0 Å². The van der Waals surface area contributed by atoms with Crippen molar-refractivity contribution in [1.29, 1.82) is 0 Å². The molecule has 1 atom stereocenters. The van der Waals surface area contributed by atoms with Crippen molar-refractivity contribution in [3.05, 3.63) is 54.7 Å². The molecule has 3 aromatic rings. The third-order valence-electron chi connectivity index (χ3n) is 4.46. The number of fused-ring (bicyclic) bond motifs is 1. The Kier molecular flexibility index (Phi) is 4.63. The maximum atomic E-state index is 5.25. The zero-order valence-electron chi connectivity index (χ0n) is 14.6. The second-order valence-corrected chi connectivity index (χ2v) is 6.27. The number of rotatable bonds is 5. The van der Waals surface area contributed by atoms with Crippen LogP contribution in [0.4, 0.5) is 11.6 Å². The van der Waals surface area contributed by atoms with Gasteiger partial charge in [-0.1, -0.05) is 6.07 Å². The minimum absolute atomic E-state index is 0.346. The Balaban J connectivity index is 1.55. The first kappa shape index (κ1) is 16.3. The minimum atomic E-state index is 0.346. The molecule has 0 unspecified atom stereocenters. The van der Waals surface area contributed by atoms with Crippen LogP contribution in [0.25, 0.3) is 0 Å². The van der Waals surface area contributed by atoms with E-state index in [-0.39, 0.29) is 0 Å². The molecule has 1 aliphatic heterocycles. The molecule has 8 heteroatoms. The van der Waals surface area contributed by atoms with Crippen molar-refractivity contribution >= 4 is 11.6 Å². The van der Waals surface area contributed by atoms with E-state index in [0.717, 1.165) is 37.8 Å². The van der Waals surface area contributed by atoms with Crippen LogP contribution in [0, 0.1) is 5.92 Å². The normalized spacial score (nSPS) is 16.7. The average Bonchev–Trinajstić information content (AvgIpc) is 3.05. The fraction of sp³-hybridized carbons (Fsp3) is 0.333. The molecular weight excluding hydrogens is 330 g/mol. The van der Waals surface area contributed by atoms with E-state index in [1.54, 1.807) is 13.3 Å². The molecular formula is C18H21N7O. The van der Waals surface area contributed by atoms with Crippen molar-refractivity contribution in [2.75, 3.05) is 30.4 Å². The predicted molar refractivity (Wildman–Crippen MR) is 98.1 cm³/mol. The number of hydrogen-bond acceptors (Lipinski definition) is 7. The molecule has 0 saturated carbocycles. The standard InChI is InChI=1S/C18H21N7O/c1-26-18-8-17(21-13-22-18)24-10-14(9-20-16-4-2-3-6-19-16)11-25-15(12-24)5-7-23-25/h2-8,13-14H,9-12H2,1H3,(H,19,20)/t14-/m1/s1. The number of ether oxygens (including phenoxy) is 1. The van der Waals surface area contributed by atoms with Crippen LogP contribution in [0.3, 0.4) is 0 Å². The van der Waals surface area contributed by atoms with E-state index in [1.807, 2.05) is 30.5 Å². The second-order valence-electron chi connectivity index (χ2n) is 6.27. The summed E-state index contributed by atoms with van der Waals surface area (Å²) in [4.78, 5) is 15.1. The summed E-state index contributed by atoms with van der Waals surface area (Å²) in [5, 5.41) is 7.90. The summed E-state index contributed by atoms with van der Waals surface area (Å²) < 4.78 is 7.32. The molecule has 4 rings (SSSR count).